The molecule has 102 valence electrons. The van der Waals surface area contributed by atoms with Crippen LogP contribution >= 0.6 is 0 Å². The molecule has 0 saturated heterocycles. The Labute approximate surface area is 115 Å². The minimum absolute atomic E-state index is 0.232. The minimum Gasteiger partial charge on any atom is -0.326 e. The second-order valence-corrected chi connectivity index (χ2v) is 6.17. The monoisotopic (exact) mass is 257 g/mol. The van der Waals surface area contributed by atoms with Crippen molar-refractivity contribution in [3.63, 3.8) is 0 Å². The third-order valence-electron chi connectivity index (χ3n) is 4.95. The van der Waals surface area contributed by atoms with Gasteiger partial charge >= 0.3 is 0 Å². The molecule has 0 heterocycles. The summed E-state index contributed by atoms with van der Waals surface area (Å²) in [6.07, 6.45) is 8.98. The van der Waals surface area contributed by atoms with Gasteiger partial charge in [-0.05, 0) is 43.2 Å². The number of fused-ring (bicyclic) bond motifs is 1. The van der Waals surface area contributed by atoms with Gasteiger partial charge in [-0.25, -0.2) is 0 Å². The number of hydrogen-bond donors (Lipinski definition) is 1. The first-order chi connectivity index (χ1) is 9.33. The molecule has 2 aliphatic carbocycles. The fourth-order valence-electron chi connectivity index (χ4n) is 3.88. The molecule has 2 aliphatic rings. The third kappa shape index (κ3) is 2.99. The zero-order chi connectivity index (χ0) is 13.1. The maximum atomic E-state index is 12.3. The zero-order valence-corrected chi connectivity index (χ0v) is 11.5. The summed E-state index contributed by atoms with van der Waals surface area (Å²) in [6.45, 7) is 0. The van der Waals surface area contributed by atoms with Gasteiger partial charge in [0, 0.05) is 11.6 Å². The topological polar surface area (TPSA) is 29.1 Å². The number of anilines is 1. The third-order valence-corrected chi connectivity index (χ3v) is 4.95. The molecule has 0 aromatic heterocycles. The molecule has 0 bridgehead atoms. The summed E-state index contributed by atoms with van der Waals surface area (Å²) < 4.78 is 0. The highest BCUT2D eigenvalue weighted by molar-refractivity contribution is 5.92. The number of para-hydroxylation sites is 1. The van der Waals surface area contributed by atoms with E-state index in [1.165, 1.54) is 32.1 Å². The second kappa shape index (κ2) is 5.77. The zero-order valence-electron chi connectivity index (χ0n) is 11.5. The summed E-state index contributed by atoms with van der Waals surface area (Å²) in [5.74, 6) is 2.19. The number of amides is 1. The lowest BCUT2D eigenvalue weighted by Gasteiger charge is -2.38. The Balaban J connectivity index is 1.59. The van der Waals surface area contributed by atoms with Gasteiger partial charge in [0.05, 0.1) is 0 Å². The standard InChI is InChI=1S/C17H23NO/c19-17(18-16-8-2-1-3-9-16)15-11-10-13-6-4-5-7-14(13)12-15/h1-3,8-9,13-15H,4-7,10-12H2,(H,18,19). The number of carbonyl (C=O) groups excluding carboxylic acids is 1. The lowest BCUT2D eigenvalue weighted by molar-refractivity contribution is -0.122. The van der Waals surface area contributed by atoms with Crippen molar-refractivity contribution in [3.05, 3.63) is 30.3 Å². The van der Waals surface area contributed by atoms with E-state index in [2.05, 4.69) is 5.32 Å². The van der Waals surface area contributed by atoms with Crippen LogP contribution in [0.15, 0.2) is 30.3 Å². The summed E-state index contributed by atoms with van der Waals surface area (Å²) in [4.78, 5) is 12.3. The smallest absolute Gasteiger partial charge is 0.227 e. The van der Waals surface area contributed by atoms with Gasteiger partial charge in [0.15, 0.2) is 0 Å². The second-order valence-electron chi connectivity index (χ2n) is 6.17. The Hall–Kier alpha value is -1.31. The first-order valence-electron chi connectivity index (χ1n) is 7.69. The van der Waals surface area contributed by atoms with Gasteiger partial charge in [-0.15, -0.1) is 0 Å². The van der Waals surface area contributed by atoms with Crippen LogP contribution in [0.3, 0.4) is 0 Å². The van der Waals surface area contributed by atoms with E-state index in [-0.39, 0.29) is 11.8 Å². The molecule has 1 aromatic rings. The molecular weight excluding hydrogens is 234 g/mol. The van der Waals surface area contributed by atoms with E-state index in [9.17, 15) is 4.79 Å². The van der Waals surface area contributed by atoms with Gasteiger partial charge in [-0.2, -0.15) is 0 Å². The number of benzene rings is 1. The van der Waals surface area contributed by atoms with Crippen molar-refractivity contribution in [1.82, 2.24) is 0 Å². The van der Waals surface area contributed by atoms with Crippen LogP contribution < -0.4 is 5.32 Å². The van der Waals surface area contributed by atoms with Crippen LogP contribution in [0.1, 0.15) is 44.9 Å². The SMILES string of the molecule is O=C(Nc1ccccc1)C1CCC2CCCCC2C1. The maximum absolute atomic E-state index is 12.3. The molecule has 1 amide bonds. The molecule has 2 heteroatoms. The fourth-order valence-corrected chi connectivity index (χ4v) is 3.88. The van der Waals surface area contributed by atoms with E-state index in [0.29, 0.717) is 0 Å². The van der Waals surface area contributed by atoms with E-state index in [1.54, 1.807) is 0 Å². The van der Waals surface area contributed by atoms with Crippen LogP contribution in [0.4, 0.5) is 5.69 Å². The van der Waals surface area contributed by atoms with E-state index in [4.69, 9.17) is 0 Å². The van der Waals surface area contributed by atoms with E-state index in [1.807, 2.05) is 30.3 Å². The van der Waals surface area contributed by atoms with Gasteiger partial charge in [0.25, 0.3) is 0 Å². The molecule has 3 rings (SSSR count). The summed E-state index contributed by atoms with van der Waals surface area (Å²) in [6, 6.07) is 9.83. The van der Waals surface area contributed by atoms with Gasteiger partial charge in [-0.1, -0.05) is 43.9 Å². The Morgan fingerprint density at radius 3 is 2.47 bits per heavy atom. The average molecular weight is 257 g/mol. The lowest BCUT2D eigenvalue weighted by atomic mass is 9.67. The van der Waals surface area contributed by atoms with Crippen LogP contribution in [0.5, 0.6) is 0 Å². The number of nitrogens with one attached hydrogen (secondary N) is 1. The number of hydrogen-bond acceptors (Lipinski definition) is 1. The van der Waals surface area contributed by atoms with Crippen molar-refractivity contribution in [2.24, 2.45) is 17.8 Å². The molecule has 0 aliphatic heterocycles. The molecule has 3 atom stereocenters. The molecule has 0 radical (unpaired) electrons. The highest BCUT2D eigenvalue weighted by Crippen LogP contribution is 2.42. The van der Waals surface area contributed by atoms with Crippen molar-refractivity contribution in [1.29, 1.82) is 0 Å². The Bertz CT molecular complexity index is 428. The highest BCUT2D eigenvalue weighted by atomic mass is 16.1. The minimum atomic E-state index is 0.232. The molecule has 2 nitrogen and oxygen atoms in total. The van der Waals surface area contributed by atoms with Crippen molar-refractivity contribution in [2.45, 2.75) is 44.9 Å². The van der Waals surface area contributed by atoms with Crippen molar-refractivity contribution in [3.8, 4) is 0 Å². The van der Waals surface area contributed by atoms with Crippen molar-refractivity contribution < 1.29 is 4.79 Å². The highest BCUT2D eigenvalue weighted by Gasteiger charge is 2.34. The first-order valence-corrected chi connectivity index (χ1v) is 7.69. The summed E-state index contributed by atoms with van der Waals surface area (Å²) in [7, 11) is 0. The Kier molecular flexibility index (Phi) is 3.86. The Morgan fingerprint density at radius 1 is 0.947 bits per heavy atom. The van der Waals surface area contributed by atoms with Gasteiger partial charge < -0.3 is 5.32 Å². The Morgan fingerprint density at radius 2 is 1.68 bits per heavy atom. The molecule has 2 saturated carbocycles. The average Bonchev–Trinajstić information content (AvgIpc) is 2.48. The van der Waals surface area contributed by atoms with Gasteiger partial charge in [0.1, 0.15) is 0 Å². The molecule has 0 spiro atoms. The van der Waals surface area contributed by atoms with Crippen LogP contribution in [-0.4, -0.2) is 5.91 Å². The van der Waals surface area contributed by atoms with Crippen molar-refractivity contribution >= 4 is 11.6 Å². The predicted octanol–water partition coefficient (Wildman–Crippen LogP) is 4.23. The largest absolute Gasteiger partial charge is 0.326 e. The summed E-state index contributed by atoms with van der Waals surface area (Å²) in [5.41, 5.74) is 0.929. The molecule has 1 N–H and O–H groups in total. The van der Waals surface area contributed by atoms with Crippen LogP contribution in [0.25, 0.3) is 0 Å². The van der Waals surface area contributed by atoms with E-state index < -0.39 is 0 Å². The lowest BCUT2D eigenvalue weighted by Crippen LogP contribution is -2.33. The number of rotatable bonds is 2. The van der Waals surface area contributed by atoms with E-state index in [0.717, 1.165) is 30.4 Å². The number of carbonyl (C=O) groups is 1. The van der Waals surface area contributed by atoms with Gasteiger partial charge in [0.2, 0.25) is 5.91 Å². The van der Waals surface area contributed by atoms with Crippen molar-refractivity contribution in [2.75, 3.05) is 5.32 Å². The quantitative estimate of drug-likeness (QED) is 0.844. The normalized spacial score (nSPS) is 30.4. The van der Waals surface area contributed by atoms with Gasteiger partial charge in [-0.3, -0.25) is 4.79 Å². The molecule has 2 fully saturated rings. The van der Waals surface area contributed by atoms with Crippen LogP contribution in [0, 0.1) is 17.8 Å². The predicted molar refractivity (Wildman–Crippen MR) is 77.9 cm³/mol. The fraction of sp³-hybridized carbons (Fsp3) is 0.588. The first kappa shape index (κ1) is 12.7. The maximum Gasteiger partial charge on any atom is 0.227 e. The molecular formula is C17H23NO. The van der Waals surface area contributed by atoms with Crippen LogP contribution in [0.2, 0.25) is 0 Å². The summed E-state index contributed by atoms with van der Waals surface area (Å²) >= 11 is 0. The molecule has 3 unspecified atom stereocenters. The van der Waals surface area contributed by atoms with E-state index >= 15 is 0 Å². The summed E-state index contributed by atoms with van der Waals surface area (Å²) in [5, 5.41) is 3.07. The van der Waals surface area contributed by atoms with Crippen LogP contribution in [-0.2, 0) is 4.79 Å². The molecule has 19 heavy (non-hydrogen) atoms. The molecule has 1 aromatic carbocycles.